The molecule has 12 heteroatoms. The lowest BCUT2D eigenvalue weighted by molar-refractivity contribution is -0.114. The van der Waals surface area contributed by atoms with Gasteiger partial charge in [-0.3, -0.25) is 14.9 Å². The van der Waals surface area contributed by atoms with E-state index < -0.39 is 0 Å². The van der Waals surface area contributed by atoms with Gasteiger partial charge < -0.3 is 5.32 Å². The number of nitrogens with zero attached hydrogens (tertiary/aromatic N) is 3. The Kier molecular flexibility index (Phi) is 7.21. The van der Waals surface area contributed by atoms with Crippen molar-refractivity contribution in [1.29, 1.82) is 0 Å². The SMILES string of the molecule is O=C(CCl)Nc1nnc(SCC(=O)Nc2ncc(Br)cc2Br)s1. The van der Waals surface area contributed by atoms with Crippen LogP contribution in [0.25, 0.3) is 0 Å². The van der Waals surface area contributed by atoms with Gasteiger partial charge >= 0.3 is 0 Å². The van der Waals surface area contributed by atoms with E-state index in [1.54, 1.807) is 12.3 Å². The molecule has 0 saturated carbocycles. The van der Waals surface area contributed by atoms with Crippen molar-refractivity contribution in [1.82, 2.24) is 15.2 Å². The fourth-order valence-electron chi connectivity index (χ4n) is 1.27. The van der Waals surface area contributed by atoms with Crippen molar-refractivity contribution in [3.8, 4) is 0 Å². The van der Waals surface area contributed by atoms with Crippen LogP contribution in [0.2, 0.25) is 0 Å². The zero-order valence-corrected chi connectivity index (χ0v) is 16.7. The van der Waals surface area contributed by atoms with Crippen LogP contribution in [0.15, 0.2) is 25.5 Å². The summed E-state index contributed by atoms with van der Waals surface area (Å²) in [5.74, 6) is -0.164. The topological polar surface area (TPSA) is 96.9 Å². The number of anilines is 2. The maximum absolute atomic E-state index is 11.9. The Morgan fingerprint density at radius 1 is 1.26 bits per heavy atom. The Balaban J connectivity index is 1.85. The van der Waals surface area contributed by atoms with Gasteiger partial charge in [0.25, 0.3) is 0 Å². The van der Waals surface area contributed by atoms with Crippen LogP contribution in [-0.2, 0) is 9.59 Å². The van der Waals surface area contributed by atoms with E-state index in [1.807, 2.05) is 0 Å². The minimum Gasteiger partial charge on any atom is -0.309 e. The largest absolute Gasteiger partial charge is 0.309 e. The molecule has 2 aromatic heterocycles. The van der Waals surface area contributed by atoms with E-state index in [-0.39, 0.29) is 23.4 Å². The van der Waals surface area contributed by atoms with Crippen molar-refractivity contribution < 1.29 is 9.59 Å². The van der Waals surface area contributed by atoms with Crippen molar-refractivity contribution >= 4 is 89.3 Å². The first-order chi connectivity index (χ1) is 11.0. The normalized spacial score (nSPS) is 10.4. The molecule has 2 amide bonds. The zero-order valence-electron chi connectivity index (χ0n) is 11.2. The van der Waals surface area contributed by atoms with Crippen LogP contribution in [0, 0.1) is 0 Å². The van der Waals surface area contributed by atoms with Gasteiger partial charge in [-0.25, -0.2) is 4.98 Å². The van der Waals surface area contributed by atoms with Crippen molar-refractivity contribution in [3.05, 3.63) is 21.2 Å². The molecule has 122 valence electrons. The highest BCUT2D eigenvalue weighted by atomic mass is 79.9. The van der Waals surface area contributed by atoms with Gasteiger partial charge in [-0.1, -0.05) is 23.1 Å². The Bertz CT molecular complexity index is 730. The molecule has 0 atom stereocenters. The lowest BCUT2D eigenvalue weighted by atomic mass is 10.4. The van der Waals surface area contributed by atoms with E-state index in [0.29, 0.717) is 19.8 Å². The highest BCUT2D eigenvalue weighted by Gasteiger charge is 2.11. The number of rotatable bonds is 6. The maximum atomic E-state index is 11.9. The summed E-state index contributed by atoms with van der Waals surface area (Å²) in [6.45, 7) is 0. The minimum absolute atomic E-state index is 0.141. The van der Waals surface area contributed by atoms with E-state index in [1.165, 1.54) is 23.1 Å². The summed E-state index contributed by atoms with van der Waals surface area (Å²) >= 11 is 14.4. The van der Waals surface area contributed by atoms with E-state index in [2.05, 4.69) is 57.7 Å². The fraction of sp³-hybridized carbons (Fsp3) is 0.182. The number of carbonyl (C=O) groups excluding carboxylic acids is 2. The maximum Gasteiger partial charge on any atom is 0.241 e. The van der Waals surface area contributed by atoms with Gasteiger partial charge in [-0.05, 0) is 37.9 Å². The first-order valence-corrected chi connectivity index (χ1v) is 9.83. The molecular weight excluding hydrogens is 494 g/mol. The highest BCUT2D eigenvalue weighted by molar-refractivity contribution is 9.11. The van der Waals surface area contributed by atoms with Crippen molar-refractivity contribution in [2.45, 2.75) is 4.34 Å². The third-order valence-electron chi connectivity index (χ3n) is 2.17. The molecule has 7 nitrogen and oxygen atoms in total. The summed E-state index contributed by atoms with van der Waals surface area (Å²) in [5, 5.41) is 13.2. The van der Waals surface area contributed by atoms with Gasteiger partial charge in [0.15, 0.2) is 4.34 Å². The Labute approximate surface area is 161 Å². The second kappa shape index (κ2) is 8.92. The van der Waals surface area contributed by atoms with Crippen molar-refractivity contribution in [2.75, 3.05) is 22.3 Å². The first-order valence-electron chi connectivity index (χ1n) is 5.91. The molecule has 2 N–H and O–H groups in total. The van der Waals surface area contributed by atoms with Crippen LogP contribution in [0.1, 0.15) is 0 Å². The second-order valence-electron chi connectivity index (χ2n) is 3.88. The number of thioether (sulfide) groups is 1. The van der Waals surface area contributed by atoms with Gasteiger partial charge in [0.05, 0.1) is 10.2 Å². The molecule has 0 aliphatic heterocycles. The van der Waals surface area contributed by atoms with Gasteiger partial charge in [-0.2, -0.15) is 0 Å². The quantitative estimate of drug-likeness (QED) is 0.358. The molecule has 0 aliphatic carbocycles. The molecule has 0 aromatic carbocycles. The summed E-state index contributed by atoms with van der Waals surface area (Å²) in [6, 6.07) is 1.78. The van der Waals surface area contributed by atoms with E-state index in [9.17, 15) is 9.59 Å². The standard InChI is InChI=1S/C11H8Br2ClN5O2S2/c12-5-1-6(13)9(15-3-5)16-8(21)4-22-11-19-18-10(23-11)17-7(20)2-14/h1,3H,2,4H2,(H,15,16,21)(H,17,18,20). The van der Waals surface area contributed by atoms with Crippen LogP contribution in [-0.4, -0.2) is 38.6 Å². The summed E-state index contributed by atoms with van der Waals surface area (Å²) < 4.78 is 2.04. The number of amides is 2. The average Bonchev–Trinajstić information content (AvgIpc) is 2.95. The molecule has 0 fully saturated rings. The molecule has 0 aliphatic rings. The fourth-order valence-corrected chi connectivity index (χ4v) is 3.99. The first kappa shape index (κ1) is 18.6. The number of alkyl halides is 1. The number of carbonyl (C=O) groups is 2. The van der Waals surface area contributed by atoms with Crippen LogP contribution >= 0.6 is 66.6 Å². The smallest absolute Gasteiger partial charge is 0.241 e. The molecule has 0 unspecified atom stereocenters. The number of halogens is 3. The summed E-state index contributed by atoms with van der Waals surface area (Å²) in [7, 11) is 0. The van der Waals surface area contributed by atoms with Crippen molar-refractivity contribution in [3.63, 3.8) is 0 Å². The van der Waals surface area contributed by atoms with E-state index in [0.717, 1.165) is 4.47 Å². The van der Waals surface area contributed by atoms with E-state index >= 15 is 0 Å². The molecule has 0 bridgehead atoms. The predicted octanol–water partition coefficient (Wildman–Crippen LogP) is 3.37. The number of hydrogen-bond donors (Lipinski definition) is 2. The Hall–Kier alpha value is -0.750. The lowest BCUT2D eigenvalue weighted by Crippen LogP contribution is -2.15. The third-order valence-corrected chi connectivity index (χ3v) is 5.42. The number of aromatic nitrogens is 3. The molecule has 2 heterocycles. The zero-order chi connectivity index (χ0) is 16.8. The van der Waals surface area contributed by atoms with Gasteiger partial charge in [0.2, 0.25) is 16.9 Å². The van der Waals surface area contributed by atoms with Crippen LogP contribution < -0.4 is 10.6 Å². The van der Waals surface area contributed by atoms with Gasteiger partial charge in [0.1, 0.15) is 11.7 Å². The molecule has 2 rings (SSSR count). The molecule has 2 aromatic rings. The van der Waals surface area contributed by atoms with Gasteiger partial charge in [0, 0.05) is 10.7 Å². The molecule has 0 radical (unpaired) electrons. The van der Waals surface area contributed by atoms with Crippen LogP contribution in [0.3, 0.4) is 0 Å². The van der Waals surface area contributed by atoms with Crippen LogP contribution in [0.4, 0.5) is 10.9 Å². The number of pyridine rings is 1. The Morgan fingerprint density at radius 2 is 2.04 bits per heavy atom. The number of nitrogens with one attached hydrogen (secondary N) is 2. The minimum atomic E-state index is -0.358. The van der Waals surface area contributed by atoms with E-state index in [4.69, 9.17) is 11.6 Å². The lowest BCUT2D eigenvalue weighted by Gasteiger charge is -2.05. The summed E-state index contributed by atoms with van der Waals surface area (Å²) in [4.78, 5) is 27.1. The van der Waals surface area contributed by atoms with Gasteiger partial charge in [-0.15, -0.1) is 21.8 Å². The van der Waals surface area contributed by atoms with Crippen molar-refractivity contribution in [2.24, 2.45) is 0 Å². The average molecular weight is 502 g/mol. The number of hydrogen-bond acceptors (Lipinski definition) is 7. The second-order valence-corrected chi connectivity index (χ2v) is 8.11. The summed E-state index contributed by atoms with van der Waals surface area (Å²) in [6.07, 6.45) is 1.59. The monoisotopic (exact) mass is 499 g/mol. The Morgan fingerprint density at radius 3 is 2.74 bits per heavy atom. The highest BCUT2D eigenvalue weighted by Crippen LogP contribution is 2.26. The molecule has 0 spiro atoms. The third kappa shape index (κ3) is 5.99. The predicted molar refractivity (Wildman–Crippen MR) is 98.2 cm³/mol. The molecule has 0 saturated heterocycles. The molecule has 23 heavy (non-hydrogen) atoms. The summed E-state index contributed by atoms with van der Waals surface area (Å²) in [5.41, 5.74) is 0. The van der Waals surface area contributed by atoms with Crippen LogP contribution in [0.5, 0.6) is 0 Å². The molecular formula is C11H8Br2ClN5O2S2.